The molecule has 0 aliphatic carbocycles. The van der Waals surface area contributed by atoms with Crippen molar-refractivity contribution in [2.75, 3.05) is 26.2 Å². The molecule has 0 saturated carbocycles. The van der Waals surface area contributed by atoms with E-state index in [1.54, 1.807) is 0 Å². The smallest absolute Gasteiger partial charge is 0.0408 e. The first kappa shape index (κ1) is 14.8. The lowest BCUT2D eigenvalue weighted by atomic mass is 10.1. The first-order valence-corrected chi connectivity index (χ1v) is 7.71. The normalized spacial score (nSPS) is 17.8. The van der Waals surface area contributed by atoms with E-state index in [9.17, 15) is 0 Å². The number of nitrogens with one attached hydrogen (secondary N) is 1. The van der Waals surface area contributed by atoms with Gasteiger partial charge in [-0.25, -0.2) is 0 Å². The van der Waals surface area contributed by atoms with Gasteiger partial charge in [0.05, 0.1) is 0 Å². The zero-order valence-electron chi connectivity index (χ0n) is 12.1. The Morgan fingerprint density at radius 1 is 1.32 bits per heavy atom. The van der Waals surface area contributed by atoms with Gasteiger partial charge in [0.2, 0.25) is 0 Å². The van der Waals surface area contributed by atoms with Crippen molar-refractivity contribution in [3.8, 4) is 0 Å². The lowest BCUT2D eigenvalue weighted by molar-refractivity contribution is 0.282. The minimum atomic E-state index is 0.714. The first-order chi connectivity index (χ1) is 9.15. The molecule has 106 valence electrons. The molecule has 19 heavy (non-hydrogen) atoms. The molecule has 0 radical (unpaired) electrons. The highest BCUT2D eigenvalue weighted by Crippen LogP contribution is 2.15. The Bertz CT molecular complexity index is 400. The number of hydrogen-bond donors (Lipinski definition) is 1. The van der Waals surface area contributed by atoms with Crippen molar-refractivity contribution in [3.05, 3.63) is 34.3 Å². The summed E-state index contributed by atoms with van der Waals surface area (Å²) in [6, 6.07) is 6.13. The summed E-state index contributed by atoms with van der Waals surface area (Å²) in [6.45, 7) is 10.3. The Kier molecular flexibility index (Phi) is 5.68. The van der Waals surface area contributed by atoms with Gasteiger partial charge < -0.3 is 10.2 Å². The lowest BCUT2D eigenvalue weighted by Gasteiger charge is -2.20. The van der Waals surface area contributed by atoms with Crippen LogP contribution >= 0.6 is 11.6 Å². The molecule has 1 atom stereocenters. The third kappa shape index (κ3) is 4.79. The summed E-state index contributed by atoms with van der Waals surface area (Å²) < 4.78 is 0. The van der Waals surface area contributed by atoms with Crippen LogP contribution in [-0.2, 0) is 6.54 Å². The van der Waals surface area contributed by atoms with Gasteiger partial charge in [-0.15, -0.1) is 0 Å². The molecule has 1 heterocycles. The van der Waals surface area contributed by atoms with E-state index in [-0.39, 0.29) is 0 Å². The number of hydrogen-bond acceptors (Lipinski definition) is 2. The Morgan fingerprint density at radius 2 is 2.05 bits per heavy atom. The number of halogens is 1. The fourth-order valence-corrected chi connectivity index (χ4v) is 3.01. The molecule has 2 rings (SSSR count). The van der Waals surface area contributed by atoms with Crippen LogP contribution in [0, 0.1) is 12.8 Å². The van der Waals surface area contributed by atoms with E-state index in [1.165, 1.54) is 43.6 Å². The van der Waals surface area contributed by atoms with Crippen LogP contribution in [0.5, 0.6) is 0 Å². The van der Waals surface area contributed by atoms with Gasteiger partial charge in [-0.2, -0.15) is 0 Å². The van der Waals surface area contributed by atoms with Gasteiger partial charge in [-0.05, 0) is 68.6 Å². The molecule has 1 fully saturated rings. The third-order valence-corrected chi connectivity index (χ3v) is 4.12. The highest BCUT2D eigenvalue weighted by Gasteiger charge is 2.14. The van der Waals surface area contributed by atoms with Gasteiger partial charge in [-0.3, -0.25) is 0 Å². The molecule has 1 saturated heterocycles. The number of rotatable bonds is 6. The summed E-state index contributed by atoms with van der Waals surface area (Å²) in [4.78, 5) is 2.58. The maximum atomic E-state index is 5.97. The van der Waals surface area contributed by atoms with Crippen LogP contribution in [0.1, 0.15) is 30.9 Å². The standard InChI is InChI=1S/C16H25ClN2/c1-13(12-19-7-3-4-8-19)10-18-11-15-5-6-16(17)9-14(15)2/h5-6,9,13,18H,3-4,7-8,10-12H2,1-2H3. The molecule has 3 heteroatoms. The van der Waals surface area contributed by atoms with E-state index in [1.807, 2.05) is 12.1 Å². The summed E-state index contributed by atoms with van der Waals surface area (Å²) in [5.41, 5.74) is 2.62. The molecule has 1 aliphatic heterocycles. The predicted octanol–water partition coefficient (Wildman–Crippen LogP) is 3.47. The van der Waals surface area contributed by atoms with Gasteiger partial charge in [0.15, 0.2) is 0 Å². The number of nitrogens with zero attached hydrogens (tertiary/aromatic N) is 1. The van der Waals surface area contributed by atoms with Crippen molar-refractivity contribution in [2.24, 2.45) is 5.92 Å². The van der Waals surface area contributed by atoms with Crippen LogP contribution in [0.15, 0.2) is 18.2 Å². The topological polar surface area (TPSA) is 15.3 Å². The summed E-state index contributed by atoms with van der Waals surface area (Å²) in [5.74, 6) is 0.714. The van der Waals surface area contributed by atoms with E-state index in [0.717, 1.165) is 18.1 Å². The van der Waals surface area contributed by atoms with Crippen molar-refractivity contribution in [1.29, 1.82) is 0 Å². The quantitative estimate of drug-likeness (QED) is 0.858. The summed E-state index contributed by atoms with van der Waals surface area (Å²) in [5, 5.41) is 4.39. The summed E-state index contributed by atoms with van der Waals surface area (Å²) in [7, 11) is 0. The lowest BCUT2D eigenvalue weighted by Crippen LogP contribution is -2.31. The molecule has 1 aromatic carbocycles. The van der Waals surface area contributed by atoms with Crippen LogP contribution < -0.4 is 5.32 Å². The van der Waals surface area contributed by atoms with Gasteiger partial charge in [0.1, 0.15) is 0 Å². The fourth-order valence-electron chi connectivity index (χ4n) is 2.78. The van der Waals surface area contributed by atoms with Crippen LogP contribution in [0.2, 0.25) is 5.02 Å². The van der Waals surface area contributed by atoms with Crippen LogP contribution in [-0.4, -0.2) is 31.1 Å². The molecule has 0 spiro atoms. The maximum Gasteiger partial charge on any atom is 0.0408 e. The van der Waals surface area contributed by atoms with E-state index in [4.69, 9.17) is 11.6 Å². The minimum absolute atomic E-state index is 0.714. The van der Waals surface area contributed by atoms with E-state index in [2.05, 4.69) is 30.1 Å². The molecular formula is C16H25ClN2. The maximum absolute atomic E-state index is 5.97. The van der Waals surface area contributed by atoms with Gasteiger partial charge in [0, 0.05) is 18.1 Å². The molecular weight excluding hydrogens is 256 g/mol. The first-order valence-electron chi connectivity index (χ1n) is 7.33. The van der Waals surface area contributed by atoms with Crippen LogP contribution in [0.4, 0.5) is 0 Å². The van der Waals surface area contributed by atoms with Crippen LogP contribution in [0.25, 0.3) is 0 Å². The average Bonchev–Trinajstić information content (AvgIpc) is 2.84. The second kappa shape index (κ2) is 7.28. The Balaban J connectivity index is 1.70. The van der Waals surface area contributed by atoms with Crippen molar-refractivity contribution < 1.29 is 0 Å². The Morgan fingerprint density at radius 3 is 2.74 bits per heavy atom. The van der Waals surface area contributed by atoms with Gasteiger partial charge in [0.25, 0.3) is 0 Å². The van der Waals surface area contributed by atoms with Gasteiger partial charge in [-0.1, -0.05) is 24.6 Å². The van der Waals surface area contributed by atoms with Crippen molar-refractivity contribution in [1.82, 2.24) is 10.2 Å². The van der Waals surface area contributed by atoms with Crippen LogP contribution in [0.3, 0.4) is 0 Å². The highest BCUT2D eigenvalue weighted by molar-refractivity contribution is 6.30. The molecule has 1 aromatic rings. The predicted molar refractivity (Wildman–Crippen MR) is 82.7 cm³/mol. The van der Waals surface area contributed by atoms with Crippen molar-refractivity contribution >= 4 is 11.6 Å². The molecule has 1 aliphatic rings. The fraction of sp³-hybridized carbons (Fsp3) is 0.625. The molecule has 1 unspecified atom stereocenters. The third-order valence-electron chi connectivity index (χ3n) is 3.88. The largest absolute Gasteiger partial charge is 0.312 e. The molecule has 0 bridgehead atoms. The molecule has 1 N–H and O–H groups in total. The van der Waals surface area contributed by atoms with Crippen molar-refractivity contribution in [3.63, 3.8) is 0 Å². The second-order valence-electron chi connectivity index (χ2n) is 5.81. The molecule has 2 nitrogen and oxygen atoms in total. The number of likely N-dealkylation sites (tertiary alicyclic amines) is 1. The van der Waals surface area contributed by atoms with E-state index in [0.29, 0.717) is 5.92 Å². The summed E-state index contributed by atoms with van der Waals surface area (Å²) >= 11 is 5.97. The van der Waals surface area contributed by atoms with Gasteiger partial charge >= 0.3 is 0 Å². The zero-order valence-corrected chi connectivity index (χ0v) is 12.8. The Hall–Kier alpha value is -0.570. The highest BCUT2D eigenvalue weighted by atomic mass is 35.5. The number of benzene rings is 1. The molecule has 0 aromatic heterocycles. The SMILES string of the molecule is Cc1cc(Cl)ccc1CNCC(C)CN1CCCC1. The van der Waals surface area contributed by atoms with E-state index >= 15 is 0 Å². The average molecular weight is 281 g/mol. The zero-order chi connectivity index (χ0) is 13.7. The summed E-state index contributed by atoms with van der Waals surface area (Å²) in [6.07, 6.45) is 2.76. The molecule has 0 amide bonds. The van der Waals surface area contributed by atoms with E-state index < -0.39 is 0 Å². The Labute approximate surface area is 122 Å². The minimum Gasteiger partial charge on any atom is -0.312 e. The monoisotopic (exact) mass is 280 g/mol. The second-order valence-corrected chi connectivity index (χ2v) is 6.25. The number of aryl methyl sites for hydroxylation is 1. The van der Waals surface area contributed by atoms with Crippen molar-refractivity contribution in [2.45, 2.75) is 33.2 Å².